The first kappa shape index (κ1) is 19.0. The van der Waals surface area contributed by atoms with Gasteiger partial charge in [0.2, 0.25) is 5.88 Å². The number of hydrogen-bond donors (Lipinski definition) is 1. The first-order chi connectivity index (χ1) is 14.0. The number of anilines is 1. The van der Waals surface area contributed by atoms with Crippen molar-refractivity contribution in [2.24, 2.45) is 5.92 Å². The molecule has 0 spiro atoms. The number of carbonyl (C=O) groups excluding carboxylic acids is 2. The summed E-state index contributed by atoms with van der Waals surface area (Å²) < 4.78 is 11.2. The number of nitrogens with zero attached hydrogens (tertiary/aromatic N) is 4. The maximum atomic E-state index is 12.8. The van der Waals surface area contributed by atoms with Crippen molar-refractivity contribution in [1.29, 1.82) is 0 Å². The van der Waals surface area contributed by atoms with E-state index in [4.69, 9.17) is 9.47 Å². The van der Waals surface area contributed by atoms with Crippen molar-refractivity contribution >= 4 is 17.6 Å². The van der Waals surface area contributed by atoms with Gasteiger partial charge in [0.05, 0.1) is 18.8 Å². The predicted molar refractivity (Wildman–Crippen MR) is 105 cm³/mol. The van der Waals surface area contributed by atoms with Crippen LogP contribution in [0.15, 0.2) is 36.5 Å². The smallest absolute Gasteiger partial charge is 0.322 e. The summed E-state index contributed by atoms with van der Waals surface area (Å²) in [5.74, 6) is 1.30. The molecule has 0 radical (unpaired) electrons. The van der Waals surface area contributed by atoms with Crippen LogP contribution in [0.3, 0.4) is 0 Å². The lowest BCUT2D eigenvalue weighted by atomic mass is 10.0. The summed E-state index contributed by atoms with van der Waals surface area (Å²) in [5, 5.41) is 2.89. The first-order valence-electron chi connectivity index (χ1n) is 9.40. The fraction of sp³-hybridized carbons (Fsp3) is 0.400. The second kappa shape index (κ2) is 7.57. The average molecular weight is 397 g/mol. The minimum Gasteiger partial charge on any atom is -0.495 e. The Kier molecular flexibility index (Phi) is 4.96. The summed E-state index contributed by atoms with van der Waals surface area (Å²) in [4.78, 5) is 37.1. The third-order valence-corrected chi connectivity index (χ3v) is 5.44. The van der Waals surface area contributed by atoms with Gasteiger partial charge in [-0.3, -0.25) is 4.79 Å². The maximum absolute atomic E-state index is 12.8. The molecule has 0 saturated carbocycles. The highest BCUT2D eigenvalue weighted by molar-refractivity contribution is 5.92. The van der Waals surface area contributed by atoms with Gasteiger partial charge in [0, 0.05) is 38.3 Å². The second-order valence-corrected chi connectivity index (χ2v) is 7.20. The van der Waals surface area contributed by atoms with Crippen LogP contribution in [0.4, 0.5) is 10.5 Å². The number of nitrogens with one attached hydrogen (secondary N) is 1. The van der Waals surface area contributed by atoms with Gasteiger partial charge >= 0.3 is 6.03 Å². The number of rotatable bonds is 4. The van der Waals surface area contributed by atoms with E-state index in [2.05, 4.69) is 15.3 Å². The van der Waals surface area contributed by atoms with E-state index in [1.807, 2.05) is 12.1 Å². The Labute approximate surface area is 168 Å². The molecule has 0 unspecified atom stereocenters. The molecule has 2 saturated heterocycles. The number of benzene rings is 1. The molecule has 2 aliphatic heterocycles. The van der Waals surface area contributed by atoms with Crippen molar-refractivity contribution < 1.29 is 19.1 Å². The van der Waals surface area contributed by atoms with Gasteiger partial charge in [-0.25, -0.2) is 9.78 Å². The quantitative estimate of drug-likeness (QED) is 0.841. The zero-order chi connectivity index (χ0) is 20.5. The van der Waals surface area contributed by atoms with Crippen LogP contribution in [0.2, 0.25) is 0 Å². The number of carbonyl (C=O) groups is 2. The van der Waals surface area contributed by atoms with Crippen molar-refractivity contribution in [2.75, 3.05) is 32.6 Å². The number of ether oxygens (including phenoxy) is 2. The molecular weight excluding hydrogens is 374 g/mol. The zero-order valence-corrected chi connectivity index (χ0v) is 16.5. The number of urea groups is 1. The second-order valence-electron chi connectivity index (χ2n) is 7.20. The van der Waals surface area contributed by atoms with Crippen molar-refractivity contribution in [3.05, 3.63) is 42.4 Å². The van der Waals surface area contributed by atoms with Gasteiger partial charge in [0.1, 0.15) is 11.6 Å². The van der Waals surface area contributed by atoms with Gasteiger partial charge in [0.15, 0.2) is 6.10 Å². The molecule has 29 heavy (non-hydrogen) atoms. The molecular formula is C20H23N5O4. The van der Waals surface area contributed by atoms with E-state index in [9.17, 15) is 9.59 Å². The first-order valence-corrected chi connectivity index (χ1v) is 9.40. The topological polar surface area (TPSA) is 96.9 Å². The van der Waals surface area contributed by atoms with Gasteiger partial charge in [-0.1, -0.05) is 12.1 Å². The number of fused-ring (bicyclic) bond motifs is 1. The van der Waals surface area contributed by atoms with Crippen LogP contribution in [0.1, 0.15) is 5.82 Å². The Balaban J connectivity index is 1.48. The number of aryl methyl sites for hydroxylation is 1. The largest absolute Gasteiger partial charge is 0.495 e. The third kappa shape index (κ3) is 3.55. The van der Waals surface area contributed by atoms with Crippen LogP contribution in [0.25, 0.3) is 0 Å². The number of likely N-dealkylation sites (N-methyl/N-ethyl adjacent to an activating group) is 1. The molecule has 3 heterocycles. The summed E-state index contributed by atoms with van der Waals surface area (Å²) in [6.45, 7) is 2.62. The normalized spacial score (nSPS) is 23.1. The van der Waals surface area contributed by atoms with Crippen LogP contribution in [0.5, 0.6) is 11.6 Å². The number of amides is 3. The molecule has 2 fully saturated rings. The van der Waals surface area contributed by atoms with Crippen molar-refractivity contribution in [3.63, 3.8) is 0 Å². The highest BCUT2D eigenvalue weighted by Gasteiger charge is 2.53. The maximum Gasteiger partial charge on any atom is 0.322 e. The third-order valence-electron chi connectivity index (χ3n) is 5.44. The summed E-state index contributed by atoms with van der Waals surface area (Å²) in [6.07, 6.45) is 0.920. The highest BCUT2D eigenvalue weighted by Crippen LogP contribution is 2.34. The van der Waals surface area contributed by atoms with Crippen molar-refractivity contribution in [3.8, 4) is 11.6 Å². The molecule has 0 aliphatic carbocycles. The highest BCUT2D eigenvalue weighted by atomic mass is 16.5. The Morgan fingerprint density at radius 1 is 1.24 bits per heavy atom. The molecule has 2 aliphatic rings. The number of methoxy groups -OCH3 is 1. The van der Waals surface area contributed by atoms with Crippen LogP contribution in [-0.2, 0) is 4.79 Å². The SMILES string of the molecule is COc1ccccc1NC(=O)N1C[C@@H]2[C@H](Oc3ccnc(C)n3)C(=O)N(C)[C@@H]2C1. The molecule has 0 bridgehead atoms. The van der Waals surface area contributed by atoms with E-state index >= 15 is 0 Å². The van der Waals surface area contributed by atoms with E-state index < -0.39 is 6.10 Å². The zero-order valence-electron chi connectivity index (χ0n) is 16.5. The van der Waals surface area contributed by atoms with Gasteiger partial charge in [-0.15, -0.1) is 0 Å². The van der Waals surface area contributed by atoms with Crippen LogP contribution in [0, 0.1) is 12.8 Å². The van der Waals surface area contributed by atoms with Gasteiger partial charge in [0.25, 0.3) is 5.91 Å². The van der Waals surface area contributed by atoms with E-state index in [1.165, 1.54) is 0 Å². The number of aromatic nitrogens is 2. The average Bonchev–Trinajstić information content (AvgIpc) is 3.24. The molecule has 1 aromatic heterocycles. The predicted octanol–water partition coefficient (Wildman–Crippen LogP) is 1.55. The summed E-state index contributed by atoms with van der Waals surface area (Å²) in [5.41, 5.74) is 0.603. The molecule has 9 heteroatoms. The molecule has 1 aromatic carbocycles. The van der Waals surface area contributed by atoms with Gasteiger partial charge < -0.3 is 24.6 Å². The standard InChI is InChI=1S/C20H23N5O4/c1-12-21-9-8-17(22-12)29-18-13-10-25(11-15(13)24(2)19(18)26)20(27)23-14-6-4-5-7-16(14)28-3/h4-9,13,15,18H,10-11H2,1-3H3,(H,23,27)/t13-,15+,18-/m0/s1. The van der Waals surface area contributed by atoms with Crippen LogP contribution in [-0.4, -0.2) is 71.1 Å². The Bertz CT molecular complexity index is 937. The minimum absolute atomic E-state index is 0.0962. The number of para-hydroxylation sites is 2. The Morgan fingerprint density at radius 2 is 2.03 bits per heavy atom. The molecule has 2 aromatic rings. The summed E-state index contributed by atoms with van der Waals surface area (Å²) >= 11 is 0. The Morgan fingerprint density at radius 3 is 2.79 bits per heavy atom. The van der Waals surface area contributed by atoms with Crippen molar-refractivity contribution in [1.82, 2.24) is 19.8 Å². The fourth-order valence-electron chi connectivity index (χ4n) is 3.94. The molecule has 3 amide bonds. The van der Waals surface area contributed by atoms with E-state index in [0.717, 1.165) is 0 Å². The molecule has 3 atom stereocenters. The van der Waals surface area contributed by atoms with Gasteiger partial charge in [-0.2, -0.15) is 4.98 Å². The number of likely N-dealkylation sites (tertiary alicyclic amines) is 2. The lowest BCUT2D eigenvalue weighted by Gasteiger charge is -2.23. The monoisotopic (exact) mass is 397 g/mol. The van der Waals surface area contributed by atoms with E-state index in [-0.39, 0.29) is 23.9 Å². The lowest BCUT2D eigenvalue weighted by Crippen LogP contribution is -2.41. The Hall–Kier alpha value is -3.36. The summed E-state index contributed by atoms with van der Waals surface area (Å²) in [6, 6.07) is 8.54. The van der Waals surface area contributed by atoms with Crippen LogP contribution >= 0.6 is 0 Å². The van der Waals surface area contributed by atoms with E-state index in [0.29, 0.717) is 36.2 Å². The van der Waals surface area contributed by atoms with Crippen molar-refractivity contribution in [2.45, 2.75) is 19.1 Å². The molecule has 152 valence electrons. The van der Waals surface area contributed by atoms with Crippen LogP contribution < -0.4 is 14.8 Å². The molecule has 1 N–H and O–H groups in total. The number of hydrogen-bond acceptors (Lipinski definition) is 6. The fourth-order valence-corrected chi connectivity index (χ4v) is 3.94. The van der Waals surface area contributed by atoms with Gasteiger partial charge in [-0.05, 0) is 19.1 Å². The molecule has 9 nitrogen and oxygen atoms in total. The lowest BCUT2D eigenvalue weighted by molar-refractivity contribution is -0.133. The molecule has 4 rings (SSSR count). The summed E-state index contributed by atoms with van der Waals surface area (Å²) in [7, 11) is 3.30. The van der Waals surface area contributed by atoms with E-state index in [1.54, 1.807) is 55.3 Å². The minimum atomic E-state index is -0.677.